The van der Waals surface area contributed by atoms with Gasteiger partial charge in [-0.15, -0.1) is 0 Å². The minimum absolute atomic E-state index is 0.114. The second-order valence-electron chi connectivity index (χ2n) is 8.01. The number of anilines is 1. The molecule has 2 amide bonds. The van der Waals surface area contributed by atoms with Crippen LogP contribution in [0.25, 0.3) is 0 Å². The molecule has 1 unspecified atom stereocenters. The summed E-state index contributed by atoms with van der Waals surface area (Å²) in [7, 11) is 0. The first-order valence-electron chi connectivity index (χ1n) is 10.6. The lowest BCUT2D eigenvalue weighted by molar-refractivity contribution is -0.118. The number of thioether (sulfide) groups is 1. The van der Waals surface area contributed by atoms with Gasteiger partial charge in [-0.3, -0.25) is 9.59 Å². The fourth-order valence-electron chi connectivity index (χ4n) is 3.38. The van der Waals surface area contributed by atoms with Crippen molar-refractivity contribution in [1.82, 2.24) is 5.32 Å². The largest absolute Gasteiger partial charge is 0.381 e. The van der Waals surface area contributed by atoms with E-state index in [2.05, 4.69) is 16.7 Å². The highest BCUT2D eigenvalue weighted by Gasteiger charge is 2.25. The Balaban J connectivity index is 1.59. The number of hydrogen-bond donors (Lipinski definition) is 2. The number of nitrogens with one attached hydrogen (secondary N) is 2. The molecule has 5 nitrogen and oxygen atoms in total. The lowest BCUT2D eigenvalue weighted by Crippen LogP contribution is -2.47. The van der Waals surface area contributed by atoms with Crippen molar-refractivity contribution in [3.8, 4) is 0 Å². The topological polar surface area (TPSA) is 67.4 Å². The highest BCUT2D eigenvalue weighted by molar-refractivity contribution is 7.99. The van der Waals surface area contributed by atoms with Crippen LogP contribution in [0.1, 0.15) is 42.6 Å². The number of carbonyl (C=O) groups is 2. The maximum Gasteiger partial charge on any atom is 0.251 e. The van der Waals surface area contributed by atoms with Gasteiger partial charge in [0.15, 0.2) is 0 Å². The van der Waals surface area contributed by atoms with E-state index in [1.54, 1.807) is 0 Å². The van der Waals surface area contributed by atoms with Gasteiger partial charge in [0.25, 0.3) is 5.91 Å². The number of benzene rings is 2. The summed E-state index contributed by atoms with van der Waals surface area (Å²) in [6.07, 6.45) is 2.15. The molecule has 2 N–H and O–H groups in total. The number of rotatable bonds is 8. The van der Waals surface area contributed by atoms with Crippen LogP contribution in [-0.4, -0.2) is 36.3 Å². The molecule has 0 aliphatic carbocycles. The van der Waals surface area contributed by atoms with Crippen LogP contribution in [0.3, 0.4) is 0 Å². The molecule has 1 aliphatic rings. The van der Waals surface area contributed by atoms with Crippen molar-refractivity contribution < 1.29 is 18.7 Å². The van der Waals surface area contributed by atoms with E-state index in [-0.39, 0.29) is 11.8 Å². The molecule has 2 aromatic carbocycles. The molecule has 31 heavy (non-hydrogen) atoms. The molecule has 0 saturated carbocycles. The molecule has 2 aromatic rings. The Morgan fingerprint density at radius 3 is 2.52 bits per heavy atom. The Morgan fingerprint density at radius 1 is 1.13 bits per heavy atom. The van der Waals surface area contributed by atoms with Gasteiger partial charge in [-0.2, -0.15) is 11.8 Å². The average molecular weight is 445 g/mol. The van der Waals surface area contributed by atoms with Crippen LogP contribution in [0.4, 0.5) is 10.1 Å². The molecule has 1 atom stereocenters. The maximum atomic E-state index is 13.1. The van der Waals surface area contributed by atoms with Gasteiger partial charge in [-0.25, -0.2) is 4.39 Å². The van der Waals surface area contributed by atoms with Gasteiger partial charge in [-0.05, 0) is 60.7 Å². The molecule has 0 radical (unpaired) electrons. The Hall–Kier alpha value is -2.38. The highest BCUT2D eigenvalue weighted by Crippen LogP contribution is 2.26. The van der Waals surface area contributed by atoms with Crippen LogP contribution < -0.4 is 10.6 Å². The Morgan fingerprint density at radius 2 is 1.84 bits per heavy atom. The summed E-state index contributed by atoms with van der Waals surface area (Å²) in [4.78, 5) is 25.4. The molecule has 0 bridgehead atoms. The first-order chi connectivity index (χ1) is 14.9. The maximum absolute atomic E-state index is 13.1. The van der Waals surface area contributed by atoms with Gasteiger partial charge >= 0.3 is 0 Å². The summed E-state index contributed by atoms with van der Waals surface area (Å²) < 4.78 is 18.5. The van der Waals surface area contributed by atoms with Gasteiger partial charge in [0.05, 0.1) is 0 Å². The number of hydrogen-bond acceptors (Lipinski definition) is 4. The van der Waals surface area contributed by atoms with Gasteiger partial charge in [0.2, 0.25) is 5.91 Å². The van der Waals surface area contributed by atoms with Crippen molar-refractivity contribution in [2.75, 3.05) is 18.5 Å². The van der Waals surface area contributed by atoms with E-state index in [9.17, 15) is 14.0 Å². The van der Waals surface area contributed by atoms with Crippen molar-refractivity contribution in [2.45, 2.75) is 43.7 Å². The predicted octanol–water partition coefficient (Wildman–Crippen LogP) is 4.63. The first-order valence-corrected chi connectivity index (χ1v) is 11.6. The molecular weight excluding hydrogens is 415 g/mol. The summed E-state index contributed by atoms with van der Waals surface area (Å²) in [5.41, 5.74) is 2.16. The second-order valence-corrected chi connectivity index (χ2v) is 9.30. The predicted molar refractivity (Wildman–Crippen MR) is 123 cm³/mol. The fourth-order valence-corrected chi connectivity index (χ4v) is 4.51. The van der Waals surface area contributed by atoms with E-state index in [1.807, 2.05) is 43.8 Å². The van der Waals surface area contributed by atoms with E-state index in [1.165, 1.54) is 24.3 Å². The molecule has 1 heterocycles. The van der Waals surface area contributed by atoms with Crippen LogP contribution in [0.5, 0.6) is 0 Å². The van der Waals surface area contributed by atoms with Crippen molar-refractivity contribution in [3.05, 3.63) is 65.5 Å². The molecule has 166 valence electrons. The Bertz CT molecular complexity index is 883. The van der Waals surface area contributed by atoms with Crippen LogP contribution in [0.15, 0.2) is 48.5 Å². The Kier molecular flexibility index (Phi) is 8.49. The lowest BCUT2D eigenvalue weighted by Gasteiger charge is -2.22. The lowest BCUT2D eigenvalue weighted by atomic mass is 10.0. The van der Waals surface area contributed by atoms with E-state index in [0.29, 0.717) is 16.5 Å². The fraction of sp³-hybridized carbons (Fsp3) is 0.417. The van der Waals surface area contributed by atoms with Crippen molar-refractivity contribution in [2.24, 2.45) is 5.92 Å². The normalized spacial score (nSPS) is 15.5. The molecule has 0 aromatic heterocycles. The van der Waals surface area contributed by atoms with Crippen LogP contribution in [0, 0.1) is 11.7 Å². The van der Waals surface area contributed by atoms with Gasteiger partial charge in [-0.1, -0.05) is 26.0 Å². The number of halogens is 1. The van der Waals surface area contributed by atoms with E-state index < -0.39 is 17.8 Å². The van der Waals surface area contributed by atoms with E-state index >= 15 is 0 Å². The van der Waals surface area contributed by atoms with Gasteiger partial charge < -0.3 is 15.4 Å². The number of amides is 2. The average Bonchev–Trinajstić information content (AvgIpc) is 2.77. The Labute approximate surface area is 187 Å². The summed E-state index contributed by atoms with van der Waals surface area (Å²) in [5.74, 6) is -0.333. The van der Waals surface area contributed by atoms with E-state index in [0.717, 1.165) is 37.4 Å². The standard InChI is InChI=1S/C24H29FN2O3S/c1-16(2)22(27-23(28)18-6-8-19(25)9-7-18)24(29)26-20-5-3-4-17(14-20)15-31-21-10-12-30-13-11-21/h3-9,14,16,21-22H,10-13,15H2,1-2H3,(H,26,29)(H,27,28). The second kappa shape index (κ2) is 11.3. The molecule has 7 heteroatoms. The SMILES string of the molecule is CC(C)C(NC(=O)c1ccc(F)cc1)C(=O)Nc1cccc(CSC2CCOCC2)c1. The highest BCUT2D eigenvalue weighted by atomic mass is 32.2. The molecule has 3 rings (SSSR count). The quantitative estimate of drug-likeness (QED) is 0.623. The zero-order valence-corrected chi connectivity index (χ0v) is 18.7. The van der Waals surface area contributed by atoms with Crippen molar-refractivity contribution in [3.63, 3.8) is 0 Å². The zero-order chi connectivity index (χ0) is 22.2. The number of carbonyl (C=O) groups excluding carboxylic acids is 2. The molecule has 1 fully saturated rings. The van der Waals surface area contributed by atoms with Crippen molar-refractivity contribution >= 4 is 29.3 Å². The third-order valence-corrected chi connectivity index (χ3v) is 6.63. The monoisotopic (exact) mass is 444 g/mol. The summed E-state index contributed by atoms with van der Waals surface area (Å²) in [5, 5.41) is 6.30. The smallest absolute Gasteiger partial charge is 0.251 e. The molecule has 1 aliphatic heterocycles. The van der Waals surface area contributed by atoms with Gasteiger partial charge in [0.1, 0.15) is 11.9 Å². The molecular formula is C24H29FN2O3S. The minimum atomic E-state index is -0.710. The van der Waals surface area contributed by atoms with Gasteiger partial charge in [0, 0.05) is 35.5 Å². The van der Waals surface area contributed by atoms with Crippen LogP contribution >= 0.6 is 11.8 Å². The minimum Gasteiger partial charge on any atom is -0.381 e. The van der Waals surface area contributed by atoms with Crippen LogP contribution in [-0.2, 0) is 15.3 Å². The summed E-state index contributed by atoms with van der Waals surface area (Å²) in [6, 6.07) is 12.3. The summed E-state index contributed by atoms with van der Waals surface area (Å²) in [6.45, 7) is 5.40. The third-order valence-electron chi connectivity index (χ3n) is 5.19. The van der Waals surface area contributed by atoms with Crippen LogP contribution in [0.2, 0.25) is 0 Å². The summed E-state index contributed by atoms with van der Waals surface area (Å²) >= 11 is 1.92. The third kappa shape index (κ3) is 7.08. The number of ether oxygens (including phenoxy) is 1. The molecule has 0 spiro atoms. The zero-order valence-electron chi connectivity index (χ0n) is 17.9. The van der Waals surface area contributed by atoms with Crippen molar-refractivity contribution in [1.29, 1.82) is 0 Å². The van der Waals surface area contributed by atoms with E-state index in [4.69, 9.17) is 4.74 Å². The first kappa shape index (κ1) is 23.3. The molecule has 1 saturated heterocycles.